The summed E-state index contributed by atoms with van der Waals surface area (Å²) in [5.41, 5.74) is 0.838. The summed E-state index contributed by atoms with van der Waals surface area (Å²) in [7, 11) is 0. The van der Waals surface area contributed by atoms with Crippen LogP contribution in [-0.2, 0) is 10.2 Å². The van der Waals surface area contributed by atoms with E-state index < -0.39 is 12.0 Å². The maximum absolute atomic E-state index is 12.1. The van der Waals surface area contributed by atoms with E-state index in [1.54, 1.807) is 0 Å². The number of thiazole rings is 1. The first kappa shape index (κ1) is 14.8. The molecule has 1 aliphatic heterocycles. The topological polar surface area (TPSA) is 82.5 Å². The van der Waals surface area contributed by atoms with Crippen LogP contribution in [0.1, 0.15) is 39.3 Å². The summed E-state index contributed by atoms with van der Waals surface area (Å²) in [5.74, 6) is -0.952. The van der Waals surface area contributed by atoms with Crippen LogP contribution in [0.2, 0.25) is 0 Å². The highest BCUT2D eigenvalue weighted by Crippen LogP contribution is 2.27. The van der Waals surface area contributed by atoms with E-state index in [0.717, 1.165) is 12.1 Å². The van der Waals surface area contributed by atoms with Gasteiger partial charge < -0.3 is 10.0 Å². The van der Waals surface area contributed by atoms with Crippen LogP contribution < -0.4 is 5.32 Å². The first-order valence-corrected chi connectivity index (χ1v) is 7.43. The van der Waals surface area contributed by atoms with Crippen molar-refractivity contribution in [2.24, 2.45) is 0 Å². The maximum Gasteiger partial charge on any atom is 0.326 e. The van der Waals surface area contributed by atoms with Gasteiger partial charge in [0.2, 0.25) is 0 Å². The molecular formula is C13H19N3O3S. The second-order valence-corrected chi connectivity index (χ2v) is 6.77. The maximum atomic E-state index is 12.1. The molecule has 20 heavy (non-hydrogen) atoms. The molecule has 0 aliphatic carbocycles. The number of carboxylic acid groups (broad SMARTS) is 1. The molecule has 110 valence electrons. The van der Waals surface area contributed by atoms with Crippen LogP contribution in [0.5, 0.6) is 0 Å². The Labute approximate surface area is 121 Å². The molecule has 1 aromatic rings. The van der Waals surface area contributed by atoms with Gasteiger partial charge in [0.25, 0.3) is 0 Å². The van der Waals surface area contributed by atoms with Gasteiger partial charge in [0.05, 0.1) is 5.69 Å². The summed E-state index contributed by atoms with van der Waals surface area (Å²) in [6.07, 6.45) is 1.23. The lowest BCUT2D eigenvalue weighted by Crippen LogP contribution is -2.42. The number of nitrogens with zero attached hydrogens (tertiary/aromatic N) is 2. The van der Waals surface area contributed by atoms with Gasteiger partial charge in [-0.1, -0.05) is 20.8 Å². The molecule has 2 rings (SSSR count). The number of rotatable bonds is 2. The van der Waals surface area contributed by atoms with E-state index in [2.05, 4.69) is 31.1 Å². The molecule has 0 aromatic carbocycles. The van der Waals surface area contributed by atoms with Gasteiger partial charge in [-0.25, -0.2) is 14.6 Å². The lowest BCUT2D eigenvalue weighted by atomic mass is 9.93. The van der Waals surface area contributed by atoms with Crippen LogP contribution >= 0.6 is 11.3 Å². The zero-order valence-electron chi connectivity index (χ0n) is 11.8. The van der Waals surface area contributed by atoms with Gasteiger partial charge in [0.1, 0.15) is 6.04 Å². The van der Waals surface area contributed by atoms with Gasteiger partial charge in [-0.05, 0) is 12.8 Å². The van der Waals surface area contributed by atoms with Crippen molar-refractivity contribution in [1.82, 2.24) is 9.88 Å². The first-order valence-electron chi connectivity index (χ1n) is 6.55. The van der Waals surface area contributed by atoms with E-state index in [9.17, 15) is 9.59 Å². The van der Waals surface area contributed by atoms with E-state index in [4.69, 9.17) is 5.11 Å². The number of hydrogen-bond donors (Lipinski definition) is 2. The molecular weight excluding hydrogens is 278 g/mol. The van der Waals surface area contributed by atoms with Crippen LogP contribution in [-0.4, -0.2) is 39.6 Å². The van der Waals surface area contributed by atoms with E-state index in [1.807, 2.05) is 5.38 Å². The Hall–Kier alpha value is -1.63. The van der Waals surface area contributed by atoms with Gasteiger partial charge in [-0.2, -0.15) is 0 Å². The summed E-state index contributed by atoms with van der Waals surface area (Å²) in [6.45, 7) is 6.62. The third-order valence-corrected chi connectivity index (χ3v) is 4.04. The molecule has 1 aromatic heterocycles. The van der Waals surface area contributed by atoms with Gasteiger partial charge in [-0.3, -0.25) is 5.32 Å². The summed E-state index contributed by atoms with van der Waals surface area (Å²) in [6, 6.07) is -1.11. The first-order chi connectivity index (χ1) is 9.29. The fourth-order valence-electron chi connectivity index (χ4n) is 2.11. The van der Waals surface area contributed by atoms with E-state index in [0.29, 0.717) is 18.1 Å². The highest BCUT2D eigenvalue weighted by atomic mass is 32.1. The number of anilines is 1. The Bertz CT molecular complexity index is 521. The van der Waals surface area contributed by atoms with Crippen molar-refractivity contribution in [2.75, 3.05) is 11.9 Å². The zero-order chi connectivity index (χ0) is 14.9. The molecule has 6 nitrogen and oxygen atoms in total. The van der Waals surface area contributed by atoms with Crippen molar-refractivity contribution in [3.63, 3.8) is 0 Å². The molecule has 1 atom stereocenters. The minimum absolute atomic E-state index is 0.0727. The number of carbonyl (C=O) groups is 2. The minimum Gasteiger partial charge on any atom is -0.480 e. The minimum atomic E-state index is -0.952. The molecule has 2 amide bonds. The van der Waals surface area contributed by atoms with Crippen LogP contribution in [0.3, 0.4) is 0 Å². The summed E-state index contributed by atoms with van der Waals surface area (Å²) in [5, 5.41) is 14.2. The molecule has 2 heterocycles. The summed E-state index contributed by atoms with van der Waals surface area (Å²) >= 11 is 1.36. The molecule has 1 saturated heterocycles. The van der Waals surface area contributed by atoms with E-state index in [-0.39, 0.29) is 11.4 Å². The molecule has 1 aliphatic rings. The molecule has 2 N–H and O–H groups in total. The van der Waals surface area contributed by atoms with Crippen LogP contribution in [0.15, 0.2) is 5.38 Å². The molecule has 0 saturated carbocycles. The molecule has 7 heteroatoms. The quantitative estimate of drug-likeness (QED) is 0.878. The Morgan fingerprint density at radius 1 is 1.50 bits per heavy atom. The number of carbonyl (C=O) groups excluding carboxylic acids is 1. The van der Waals surface area contributed by atoms with Gasteiger partial charge in [0, 0.05) is 17.3 Å². The standard InChI is InChI=1S/C13H19N3O3S/c1-13(2,3)9-7-20-11(14-9)15-12(19)16-6-4-5-8(16)10(17)18/h7-8H,4-6H2,1-3H3,(H,17,18)(H,14,15,19). The lowest BCUT2D eigenvalue weighted by Gasteiger charge is -2.21. The summed E-state index contributed by atoms with van der Waals surface area (Å²) in [4.78, 5) is 28.9. The SMILES string of the molecule is CC(C)(C)c1csc(NC(=O)N2CCCC2C(=O)O)n1. The number of likely N-dealkylation sites (tertiary alicyclic amines) is 1. The average molecular weight is 297 g/mol. The van der Waals surface area contributed by atoms with Crippen molar-refractivity contribution in [3.8, 4) is 0 Å². The Kier molecular flexibility index (Phi) is 3.99. The zero-order valence-corrected chi connectivity index (χ0v) is 12.7. The number of amides is 2. The number of carboxylic acids is 1. The molecule has 0 bridgehead atoms. The number of aliphatic carboxylic acids is 1. The summed E-state index contributed by atoms with van der Waals surface area (Å²) < 4.78 is 0. The highest BCUT2D eigenvalue weighted by Gasteiger charge is 2.34. The normalized spacial score (nSPS) is 19.1. The number of nitrogens with one attached hydrogen (secondary N) is 1. The van der Waals surface area contributed by atoms with Crippen molar-refractivity contribution in [3.05, 3.63) is 11.1 Å². The monoisotopic (exact) mass is 297 g/mol. The Balaban J connectivity index is 2.05. The van der Waals surface area contributed by atoms with Gasteiger partial charge in [0.15, 0.2) is 5.13 Å². The Morgan fingerprint density at radius 3 is 2.75 bits per heavy atom. The largest absolute Gasteiger partial charge is 0.480 e. The fourth-order valence-corrected chi connectivity index (χ4v) is 3.03. The molecule has 1 fully saturated rings. The van der Waals surface area contributed by atoms with Crippen molar-refractivity contribution in [2.45, 2.75) is 45.1 Å². The predicted octanol–water partition coefficient (Wildman–Crippen LogP) is 2.52. The van der Waals surface area contributed by atoms with Crippen molar-refractivity contribution in [1.29, 1.82) is 0 Å². The van der Waals surface area contributed by atoms with Crippen LogP contribution in [0.25, 0.3) is 0 Å². The number of aromatic nitrogens is 1. The van der Waals surface area contributed by atoms with Gasteiger partial charge >= 0.3 is 12.0 Å². The van der Waals surface area contributed by atoms with E-state index in [1.165, 1.54) is 16.2 Å². The predicted molar refractivity (Wildman–Crippen MR) is 77.2 cm³/mol. The number of urea groups is 1. The van der Waals surface area contributed by atoms with Crippen molar-refractivity contribution < 1.29 is 14.7 Å². The van der Waals surface area contributed by atoms with Crippen molar-refractivity contribution >= 4 is 28.5 Å². The second-order valence-electron chi connectivity index (χ2n) is 5.91. The average Bonchev–Trinajstić information content (AvgIpc) is 2.95. The van der Waals surface area contributed by atoms with Crippen LogP contribution in [0.4, 0.5) is 9.93 Å². The molecule has 1 unspecified atom stereocenters. The van der Waals surface area contributed by atoms with Crippen LogP contribution in [0, 0.1) is 0 Å². The van der Waals surface area contributed by atoms with E-state index >= 15 is 0 Å². The second kappa shape index (κ2) is 5.40. The lowest BCUT2D eigenvalue weighted by molar-refractivity contribution is -0.141. The van der Waals surface area contributed by atoms with Gasteiger partial charge in [-0.15, -0.1) is 11.3 Å². The fraction of sp³-hybridized carbons (Fsp3) is 0.615. The number of hydrogen-bond acceptors (Lipinski definition) is 4. The smallest absolute Gasteiger partial charge is 0.326 e. The highest BCUT2D eigenvalue weighted by molar-refractivity contribution is 7.13. The molecule has 0 radical (unpaired) electrons. The third-order valence-electron chi connectivity index (χ3n) is 3.29. The Morgan fingerprint density at radius 2 is 2.20 bits per heavy atom. The molecule has 0 spiro atoms. The third kappa shape index (κ3) is 3.09.